The van der Waals surface area contributed by atoms with Gasteiger partial charge in [-0.15, -0.1) is 0 Å². The molecule has 1 aliphatic rings. The molecular weight excluding hydrogens is 266 g/mol. The number of aromatic carboxylic acids is 1. The third-order valence-electron chi connectivity index (χ3n) is 3.73. The van der Waals surface area contributed by atoms with E-state index in [1.54, 1.807) is 0 Å². The number of halogens is 1. The zero-order valence-corrected chi connectivity index (χ0v) is 12.1. The van der Waals surface area contributed by atoms with Crippen LogP contribution in [0.15, 0.2) is 12.1 Å². The average Bonchev–Trinajstić information content (AvgIpc) is 2.34. The molecule has 0 spiro atoms. The second-order valence-electron chi connectivity index (χ2n) is 5.08. The van der Waals surface area contributed by atoms with Gasteiger partial charge < -0.3 is 10.0 Å². The molecule has 104 valence electrons. The number of pyridine rings is 1. The maximum atomic E-state index is 11.3. The lowest BCUT2D eigenvalue weighted by Gasteiger charge is -2.43. The molecule has 2 heterocycles. The van der Waals surface area contributed by atoms with Gasteiger partial charge in [0.1, 0.15) is 16.5 Å². The Labute approximate surface area is 117 Å². The van der Waals surface area contributed by atoms with E-state index in [4.69, 9.17) is 11.6 Å². The lowest BCUT2D eigenvalue weighted by atomic mass is 10.1. The van der Waals surface area contributed by atoms with Crippen LogP contribution in [0.1, 0.15) is 24.2 Å². The summed E-state index contributed by atoms with van der Waals surface area (Å²) in [6.45, 7) is 5.73. The topological polar surface area (TPSA) is 56.7 Å². The minimum absolute atomic E-state index is 0.202. The molecule has 1 N–H and O–H groups in total. The average molecular weight is 284 g/mol. The first-order chi connectivity index (χ1) is 8.90. The molecule has 0 aliphatic carbocycles. The number of hydrogen-bond acceptors (Lipinski definition) is 4. The number of aromatic nitrogens is 1. The standard InChI is InChI=1S/C13H18ClN3O2/c1-8-6-17(7-9(2)16(8)3)12-10(13(18)19)4-5-11(14)15-12/h4-5,8-9H,6-7H2,1-3H3,(H,18,19). The number of carboxylic acids is 1. The van der Waals surface area contributed by atoms with Crippen LogP contribution in [0.2, 0.25) is 5.15 Å². The molecule has 0 bridgehead atoms. The van der Waals surface area contributed by atoms with Crippen LogP contribution in [0.25, 0.3) is 0 Å². The molecule has 0 saturated carbocycles. The second-order valence-corrected chi connectivity index (χ2v) is 5.47. The van der Waals surface area contributed by atoms with Gasteiger partial charge in [-0.3, -0.25) is 4.90 Å². The quantitative estimate of drug-likeness (QED) is 0.841. The zero-order chi connectivity index (χ0) is 14.2. The maximum absolute atomic E-state index is 11.3. The monoisotopic (exact) mass is 283 g/mol. The van der Waals surface area contributed by atoms with Crippen LogP contribution in [-0.2, 0) is 0 Å². The van der Waals surface area contributed by atoms with Gasteiger partial charge in [0, 0.05) is 25.2 Å². The fourth-order valence-electron chi connectivity index (χ4n) is 2.41. The van der Waals surface area contributed by atoms with E-state index in [9.17, 15) is 9.90 Å². The third-order valence-corrected chi connectivity index (χ3v) is 3.94. The predicted molar refractivity (Wildman–Crippen MR) is 75.1 cm³/mol. The number of likely N-dealkylation sites (N-methyl/N-ethyl adjacent to an activating group) is 1. The maximum Gasteiger partial charge on any atom is 0.339 e. The van der Waals surface area contributed by atoms with Crippen LogP contribution < -0.4 is 4.90 Å². The molecule has 1 aromatic rings. The van der Waals surface area contributed by atoms with E-state index in [0.29, 0.717) is 23.1 Å². The summed E-state index contributed by atoms with van der Waals surface area (Å²) in [6, 6.07) is 3.70. The van der Waals surface area contributed by atoms with Gasteiger partial charge in [-0.05, 0) is 33.0 Å². The van der Waals surface area contributed by atoms with Crippen molar-refractivity contribution in [3.05, 3.63) is 22.8 Å². The SMILES string of the molecule is CC1CN(c2nc(Cl)ccc2C(=O)O)CC(C)N1C. The molecule has 0 amide bonds. The molecule has 19 heavy (non-hydrogen) atoms. The minimum atomic E-state index is -0.974. The largest absolute Gasteiger partial charge is 0.478 e. The molecular formula is C13H18ClN3O2. The second kappa shape index (κ2) is 5.35. The first kappa shape index (κ1) is 14.1. The van der Waals surface area contributed by atoms with Gasteiger partial charge in [-0.2, -0.15) is 0 Å². The van der Waals surface area contributed by atoms with Gasteiger partial charge in [0.15, 0.2) is 0 Å². The lowest BCUT2D eigenvalue weighted by Crippen LogP contribution is -2.55. The van der Waals surface area contributed by atoms with Gasteiger partial charge >= 0.3 is 5.97 Å². The Morgan fingerprint density at radius 3 is 2.47 bits per heavy atom. The Balaban J connectivity index is 2.36. The van der Waals surface area contributed by atoms with Crippen LogP contribution in [0.3, 0.4) is 0 Å². The number of anilines is 1. The lowest BCUT2D eigenvalue weighted by molar-refractivity contribution is 0.0696. The first-order valence-corrected chi connectivity index (χ1v) is 6.64. The number of hydrogen-bond donors (Lipinski definition) is 1. The van der Waals surface area contributed by atoms with Crippen LogP contribution in [-0.4, -0.2) is 53.2 Å². The van der Waals surface area contributed by atoms with Gasteiger partial charge in [-0.25, -0.2) is 9.78 Å². The third kappa shape index (κ3) is 2.82. The van der Waals surface area contributed by atoms with Gasteiger partial charge in [0.05, 0.1) is 0 Å². The van der Waals surface area contributed by atoms with Gasteiger partial charge in [0.25, 0.3) is 0 Å². The Kier molecular flexibility index (Phi) is 3.96. The summed E-state index contributed by atoms with van der Waals surface area (Å²) in [6.07, 6.45) is 0. The highest BCUT2D eigenvalue weighted by atomic mass is 35.5. The fourth-order valence-corrected chi connectivity index (χ4v) is 2.55. The van der Waals surface area contributed by atoms with Crippen LogP contribution in [0.4, 0.5) is 5.82 Å². The Morgan fingerprint density at radius 1 is 1.37 bits per heavy atom. The number of carboxylic acid groups (broad SMARTS) is 1. The van der Waals surface area contributed by atoms with Crippen LogP contribution >= 0.6 is 11.6 Å². The highest BCUT2D eigenvalue weighted by molar-refractivity contribution is 6.29. The molecule has 1 aliphatic heterocycles. The van der Waals surface area contributed by atoms with Crippen LogP contribution in [0, 0.1) is 0 Å². The van der Waals surface area contributed by atoms with Crippen LogP contribution in [0.5, 0.6) is 0 Å². The van der Waals surface area contributed by atoms with Crippen molar-refractivity contribution in [1.82, 2.24) is 9.88 Å². The molecule has 2 atom stereocenters. The van der Waals surface area contributed by atoms with Crippen molar-refractivity contribution in [2.24, 2.45) is 0 Å². The molecule has 2 rings (SSSR count). The molecule has 1 saturated heterocycles. The predicted octanol–water partition coefficient (Wildman–Crippen LogP) is 1.96. The van der Waals surface area contributed by atoms with Crippen molar-refractivity contribution in [1.29, 1.82) is 0 Å². The molecule has 6 heteroatoms. The number of rotatable bonds is 2. The summed E-state index contributed by atoms with van der Waals surface area (Å²) in [7, 11) is 2.08. The van der Waals surface area contributed by atoms with Gasteiger partial charge in [-0.1, -0.05) is 11.6 Å². The van der Waals surface area contributed by atoms with E-state index in [1.165, 1.54) is 12.1 Å². The molecule has 1 fully saturated rings. The van der Waals surface area contributed by atoms with Crippen molar-refractivity contribution in [3.63, 3.8) is 0 Å². The summed E-state index contributed by atoms with van der Waals surface area (Å²) in [5.41, 5.74) is 0.202. The molecule has 0 aromatic carbocycles. The Morgan fingerprint density at radius 2 is 1.95 bits per heavy atom. The van der Waals surface area contributed by atoms with Crippen molar-refractivity contribution < 1.29 is 9.90 Å². The zero-order valence-electron chi connectivity index (χ0n) is 11.3. The summed E-state index contributed by atoms with van der Waals surface area (Å²) in [5, 5.41) is 9.57. The summed E-state index contributed by atoms with van der Waals surface area (Å²) >= 11 is 5.90. The van der Waals surface area contributed by atoms with Crippen molar-refractivity contribution in [2.45, 2.75) is 25.9 Å². The van der Waals surface area contributed by atoms with Crippen molar-refractivity contribution in [2.75, 3.05) is 25.0 Å². The molecule has 5 nitrogen and oxygen atoms in total. The Hall–Kier alpha value is -1.33. The van der Waals surface area contributed by atoms with Crippen molar-refractivity contribution in [3.8, 4) is 0 Å². The fraction of sp³-hybridized carbons (Fsp3) is 0.538. The van der Waals surface area contributed by atoms with E-state index >= 15 is 0 Å². The number of carbonyl (C=O) groups is 1. The first-order valence-electron chi connectivity index (χ1n) is 6.27. The minimum Gasteiger partial charge on any atom is -0.478 e. The number of piperazine rings is 1. The van der Waals surface area contributed by atoms with Crippen molar-refractivity contribution >= 4 is 23.4 Å². The summed E-state index contributed by atoms with van der Waals surface area (Å²) in [4.78, 5) is 19.8. The van der Waals surface area contributed by atoms with Gasteiger partial charge in [0.2, 0.25) is 0 Å². The summed E-state index contributed by atoms with van der Waals surface area (Å²) < 4.78 is 0. The molecule has 1 aromatic heterocycles. The summed E-state index contributed by atoms with van der Waals surface area (Å²) in [5.74, 6) is -0.509. The Bertz CT molecular complexity index is 483. The highest BCUT2D eigenvalue weighted by Gasteiger charge is 2.29. The number of nitrogens with zero attached hydrogens (tertiary/aromatic N) is 3. The van der Waals surface area contributed by atoms with E-state index in [0.717, 1.165) is 13.1 Å². The van der Waals surface area contributed by atoms with E-state index in [2.05, 4.69) is 30.8 Å². The smallest absolute Gasteiger partial charge is 0.339 e. The van der Waals surface area contributed by atoms with E-state index < -0.39 is 5.97 Å². The molecule has 2 unspecified atom stereocenters. The van der Waals surface area contributed by atoms with E-state index in [-0.39, 0.29) is 5.56 Å². The highest BCUT2D eigenvalue weighted by Crippen LogP contribution is 2.25. The van der Waals surface area contributed by atoms with E-state index in [1.807, 2.05) is 4.90 Å². The normalized spacial score (nSPS) is 24.5. The molecule has 0 radical (unpaired) electrons.